The highest BCUT2D eigenvalue weighted by Crippen LogP contribution is 2.24. The molecule has 0 fully saturated rings. The van der Waals surface area contributed by atoms with Gasteiger partial charge in [-0.15, -0.1) is 47.0 Å². The van der Waals surface area contributed by atoms with Crippen molar-refractivity contribution in [2.75, 3.05) is 36.1 Å². The number of nitrogens with zero attached hydrogens (tertiary/aromatic N) is 1. The predicted octanol–water partition coefficient (Wildman–Crippen LogP) is 19.2. The molecule has 0 aliphatic rings. The van der Waals surface area contributed by atoms with E-state index < -0.39 is 0 Å². The summed E-state index contributed by atoms with van der Waals surface area (Å²) in [5.74, 6) is 10.5. The Morgan fingerprint density at radius 2 is 0.667 bits per heavy atom. The Hall–Kier alpha value is -6.60. The smallest absolute Gasteiger partial charge is 0.0382 e. The van der Waals surface area contributed by atoms with Gasteiger partial charge in [0.1, 0.15) is 0 Å². The number of benzene rings is 10. The SMILES string of the molecule is Cc1ccc(SCCN(N)Cc2ccccc2CNC(CSc2ccc(C)cc2)Cc2ccccc2)cc1.Cc1ccc(SCCNCc2ccccc2CNC(CSc2ccc(C)cc2)Cc2ccccc2)cc1.Cc1cccc(C)c1.Cc1ccccc1. The molecule has 10 rings (SSSR count). The number of hydrogen-bond acceptors (Lipinski definition) is 9. The first-order valence-corrected chi connectivity index (χ1v) is 35.5. The van der Waals surface area contributed by atoms with Crippen molar-refractivity contribution in [2.24, 2.45) is 5.84 Å². The molecule has 0 aromatic heterocycles. The number of hydrogen-bond donors (Lipinski definition) is 4. The molecule has 0 heterocycles. The number of thioether (sulfide) groups is 4. The minimum atomic E-state index is 0.358. The van der Waals surface area contributed by atoms with Gasteiger partial charge >= 0.3 is 0 Å². The van der Waals surface area contributed by atoms with Crippen LogP contribution in [0.2, 0.25) is 0 Å². The number of hydrazine groups is 1. The molecule has 0 aliphatic heterocycles. The van der Waals surface area contributed by atoms with Crippen molar-refractivity contribution in [2.45, 2.75) is 119 Å². The van der Waals surface area contributed by atoms with Crippen LogP contribution in [0.3, 0.4) is 0 Å². The van der Waals surface area contributed by atoms with E-state index in [1.807, 2.05) is 70.3 Å². The second-order valence-corrected chi connectivity index (χ2v) is 27.6. The summed E-state index contributed by atoms with van der Waals surface area (Å²) in [6, 6.07) is 93.7. The molecule has 0 aliphatic carbocycles. The molecule has 2 unspecified atom stereocenters. The molecule has 5 nitrogen and oxygen atoms in total. The van der Waals surface area contributed by atoms with Gasteiger partial charge < -0.3 is 16.0 Å². The second-order valence-electron chi connectivity index (χ2n) is 23.1. The molecule has 10 aromatic carbocycles. The van der Waals surface area contributed by atoms with Gasteiger partial charge in [0, 0.05) is 93.9 Å². The van der Waals surface area contributed by atoms with Gasteiger partial charge in [0.25, 0.3) is 0 Å². The first-order chi connectivity index (χ1) is 43.9. The molecule has 0 saturated carbocycles. The molecule has 0 bridgehead atoms. The van der Waals surface area contributed by atoms with Crippen LogP contribution < -0.4 is 21.8 Å². The summed E-state index contributed by atoms with van der Waals surface area (Å²) in [5.41, 5.74) is 17.3. The summed E-state index contributed by atoms with van der Waals surface area (Å²) >= 11 is 7.62. The van der Waals surface area contributed by atoms with Crippen LogP contribution in [0.4, 0.5) is 0 Å². The van der Waals surface area contributed by atoms with Gasteiger partial charge in [-0.25, -0.2) is 5.01 Å². The third kappa shape index (κ3) is 28.7. The molecular weight excluding hydrogens is 1170 g/mol. The Labute approximate surface area is 558 Å². The van der Waals surface area contributed by atoms with Gasteiger partial charge in [0.2, 0.25) is 0 Å². The lowest BCUT2D eigenvalue weighted by molar-refractivity contribution is 0.292. The van der Waals surface area contributed by atoms with Crippen LogP contribution in [0, 0.1) is 48.5 Å². The normalized spacial score (nSPS) is 11.5. The fourth-order valence-corrected chi connectivity index (χ4v) is 13.4. The van der Waals surface area contributed by atoms with E-state index in [0.717, 1.165) is 75.1 Å². The Morgan fingerprint density at radius 1 is 0.333 bits per heavy atom. The maximum Gasteiger partial charge on any atom is 0.0382 e. The molecule has 0 amide bonds. The standard InChI is InChI=1S/C33H39N3S2.C33H38N2S2.C8H10.C7H8/c1-26-12-16-32(17-13-26)37-21-20-36(34)24-30-11-7-6-10-29(30)23-35-31(22-28-8-4-3-5-9-28)25-38-33-18-14-27(2)15-19-33;1-26-12-16-32(17-13-26)36-21-20-34-23-29-10-6-7-11-30(29)24-35-31(22-28-8-4-3-5-9-28)25-37-33-18-14-27(2)15-19-33;1-7-4-3-5-8(2)6-7;1-7-5-3-2-4-6-7/h3-19,31,35H,20-25,34H2,1-2H3;3-19,31,34-35H,20-25H2,1-2H3;3-6H,1-2H3;2-6H,1H3. The number of aryl methyl sites for hydroxylation is 7. The summed E-state index contributed by atoms with van der Waals surface area (Å²) in [5, 5.41) is 13.3. The second kappa shape index (κ2) is 41.0. The lowest BCUT2D eigenvalue weighted by Crippen LogP contribution is -2.35. The summed E-state index contributed by atoms with van der Waals surface area (Å²) in [7, 11) is 0. The van der Waals surface area contributed by atoms with Crippen LogP contribution in [0.5, 0.6) is 0 Å². The van der Waals surface area contributed by atoms with Gasteiger partial charge in [0.15, 0.2) is 0 Å². The summed E-state index contributed by atoms with van der Waals surface area (Å²) in [4.78, 5) is 5.28. The fourth-order valence-electron chi connectivity index (χ4n) is 9.79. The van der Waals surface area contributed by atoms with E-state index in [4.69, 9.17) is 5.84 Å². The van der Waals surface area contributed by atoms with Crippen LogP contribution in [0.25, 0.3) is 0 Å². The van der Waals surface area contributed by atoms with Crippen LogP contribution in [0.15, 0.2) is 280 Å². The molecule has 10 aromatic rings. The van der Waals surface area contributed by atoms with Crippen LogP contribution >= 0.6 is 47.0 Å². The average molecular weight is 1270 g/mol. The molecular formula is C81H95N5S4. The zero-order valence-corrected chi connectivity index (χ0v) is 57.4. The predicted molar refractivity (Wildman–Crippen MR) is 395 cm³/mol. The van der Waals surface area contributed by atoms with E-state index in [-0.39, 0.29) is 0 Å². The molecule has 5 N–H and O–H groups in total. The monoisotopic (exact) mass is 1270 g/mol. The first-order valence-electron chi connectivity index (χ1n) is 31.6. The van der Waals surface area contributed by atoms with Crippen LogP contribution in [-0.2, 0) is 39.0 Å². The van der Waals surface area contributed by atoms with Crippen molar-refractivity contribution < 1.29 is 0 Å². The Kier molecular flexibility index (Phi) is 32.3. The van der Waals surface area contributed by atoms with Gasteiger partial charge in [-0.2, -0.15) is 0 Å². The molecule has 468 valence electrons. The topological polar surface area (TPSA) is 65.3 Å². The molecule has 0 saturated heterocycles. The molecule has 0 radical (unpaired) electrons. The lowest BCUT2D eigenvalue weighted by Gasteiger charge is -2.22. The van der Waals surface area contributed by atoms with E-state index in [9.17, 15) is 0 Å². The van der Waals surface area contributed by atoms with Crippen LogP contribution in [0.1, 0.15) is 72.3 Å². The Bertz CT molecular complexity index is 3500. The minimum absolute atomic E-state index is 0.358. The zero-order valence-electron chi connectivity index (χ0n) is 54.1. The highest BCUT2D eigenvalue weighted by molar-refractivity contribution is 8.00. The molecule has 0 spiro atoms. The summed E-state index contributed by atoms with van der Waals surface area (Å²) in [6.07, 6.45) is 2.03. The number of nitrogens with two attached hydrogens (primary N) is 1. The zero-order chi connectivity index (χ0) is 63.4. The van der Waals surface area contributed by atoms with Crippen LogP contribution in [-0.4, -0.2) is 53.2 Å². The van der Waals surface area contributed by atoms with Crippen molar-refractivity contribution in [3.8, 4) is 0 Å². The summed E-state index contributed by atoms with van der Waals surface area (Å²) in [6.45, 7) is 20.0. The van der Waals surface area contributed by atoms with Gasteiger partial charge in [-0.1, -0.05) is 251 Å². The number of nitrogens with one attached hydrogen (secondary N) is 3. The van der Waals surface area contributed by atoms with E-state index in [0.29, 0.717) is 12.1 Å². The third-order valence-electron chi connectivity index (χ3n) is 15.0. The van der Waals surface area contributed by atoms with Gasteiger partial charge in [0.05, 0.1) is 0 Å². The highest BCUT2D eigenvalue weighted by atomic mass is 32.2. The largest absolute Gasteiger partial charge is 0.312 e. The maximum atomic E-state index is 6.44. The lowest BCUT2D eigenvalue weighted by atomic mass is 10.0. The molecule has 2 atom stereocenters. The number of rotatable bonds is 28. The van der Waals surface area contributed by atoms with E-state index >= 15 is 0 Å². The first kappa shape index (κ1) is 70.9. The van der Waals surface area contributed by atoms with Crippen molar-refractivity contribution in [3.05, 3.63) is 333 Å². The highest BCUT2D eigenvalue weighted by Gasteiger charge is 2.15. The average Bonchev–Trinajstić information content (AvgIpc) is 3.48. The minimum Gasteiger partial charge on any atom is -0.312 e. The fraction of sp³-hybridized carbons (Fsp3) is 0.259. The van der Waals surface area contributed by atoms with Crippen molar-refractivity contribution in [3.63, 3.8) is 0 Å². The Morgan fingerprint density at radius 3 is 1.06 bits per heavy atom. The van der Waals surface area contributed by atoms with E-state index in [2.05, 4.69) is 307 Å². The molecule has 90 heavy (non-hydrogen) atoms. The molecule has 9 heteroatoms. The van der Waals surface area contributed by atoms with Gasteiger partial charge in [-0.3, -0.25) is 5.84 Å². The summed E-state index contributed by atoms with van der Waals surface area (Å²) < 4.78 is 0. The maximum absolute atomic E-state index is 6.44. The van der Waals surface area contributed by atoms with Gasteiger partial charge in [-0.05, 0) is 143 Å². The van der Waals surface area contributed by atoms with E-state index in [1.54, 1.807) is 0 Å². The van der Waals surface area contributed by atoms with Crippen molar-refractivity contribution >= 4 is 47.0 Å². The van der Waals surface area contributed by atoms with E-state index in [1.165, 1.54) is 91.9 Å². The van der Waals surface area contributed by atoms with Crippen molar-refractivity contribution in [1.82, 2.24) is 21.0 Å². The third-order valence-corrected chi connectivity index (χ3v) is 19.4. The Balaban J connectivity index is 0.000000207. The quantitative estimate of drug-likeness (QED) is 0.0166. The van der Waals surface area contributed by atoms with Crippen molar-refractivity contribution in [1.29, 1.82) is 0 Å².